The van der Waals surface area contributed by atoms with Crippen molar-refractivity contribution in [2.24, 2.45) is 0 Å². The van der Waals surface area contributed by atoms with E-state index >= 15 is 0 Å². The van der Waals surface area contributed by atoms with E-state index in [2.05, 4.69) is 23.8 Å². The van der Waals surface area contributed by atoms with Gasteiger partial charge < -0.3 is 4.90 Å². The first-order chi connectivity index (χ1) is 6.16. The van der Waals surface area contributed by atoms with Gasteiger partial charge in [0.1, 0.15) is 6.17 Å². The SMILES string of the molecule is CC1CC(N2CC(F)C2)CCN1C. The predicted molar refractivity (Wildman–Crippen MR) is 51.6 cm³/mol. The van der Waals surface area contributed by atoms with Crippen LogP contribution >= 0.6 is 0 Å². The molecule has 2 heterocycles. The zero-order valence-corrected chi connectivity index (χ0v) is 8.54. The molecule has 13 heavy (non-hydrogen) atoms. The largest absolute Gasteiger partial charge is 0.304 e. The third-order valence-electron chi connectivity index (χ3n) is 3.56. The molecule has 3 heteroatoms. The van der Waals surface area contributed by atoms with Gasteiger partial charge in [0.05, 0.1) is 0 Å². The summed E-state index contributed by atoms with van der Waals surface area (Å²) in [6.07, 6.45) is 1.88. The lowest BCUT2D eigenvalue weighted by atomic mass is 9.95. The Morgan fingerprint density at radius 1 is 1.31 bits per heavy atom. The molecular weight excluding hydrogens is 167 g/mol. The smallest absolute Gasteiger partial charge is 0.125 e. The molecule has 0 radical (unpaired) electrons. The molecule has 0 saturated carbocycles. The minimum atomic E-state index is -0.546. The number of likely N-dealkylation sites (tertiary alicyclic amines) is 2. The van der Waals surface area contributed by atoms with E-state index in [-0.39, 0.29) is 0 Å². The Morgan fingerprint density at radius 2 is 2.00 bits per heavy atom. The molecule has 0 aromatic carbocycles. The first-order valence-electron chi connectivity index (χ1n) is 5.25. The number of hydrogen-bond donors (Lipinski definition) is 0. The van der Waals surface area contributed by atoms with Crippen molar-refractivity contribution in [2.75, 3.05) is 26.7 Å². The third kappa shape index (κ3) is 1.86. The van der Waals surface area contributed by atoms with E-state index in [0.717, 1.165) is 0 Å². The Hall–Kier alpha value is -0.150. The summed E-state index contributed by atoms with van der Waals surface area (Å²) in [5.41, 5.74) is 0. The van der Waals surface area contributed by atoms with E-state index in [1.54, 1.807) is 0 Å². The topological polar surface area (TPSA) is 6.48 Å². The van der Waals surface area contributed by atoms with Gasteiger partial charge in [-0.3, -0.25) is 4.90 Å². The fourth-order valence-electron chi connectivity index (χ4n) is 2.35. The molecular formula is C10H19FN2. The quantitative estimate of drug-likeness (QED) is 0.605. The van der Waals surface area contributed by atoms with Crippen LogP contribution in [-0.4, -0.2) is 54.7 Å². The standard InChI is InChI=1S/C10H19FN2/c1-8-5-10(3-4-12(8)2)13-6-9(11)7-13/h8-10H,3-7H2,1-2H3. The van der Waals surface area contributed by atoms with Gasteiger partial charge >= 0.3 is 0 Å². The Morgan fingerprint density at radius 3 is 2.54 bits per heavy atom. The van der Waals surface area contributed by atoms with Crippen LogP contribution in [0.2, 0.25) is 0 Å². The van der Waals surface area contributed by atoms with Crippen LogP contribution < -0.4 is 0 Å². The fourth-order valence-corrected chi connectivity index (χ4v) is 2.35. The van der Waals surface area contributed by atoms with Crippen LogP contribution in [0.3, 0.4) is 0 Å². The molecule has 2 nitrogen and oxygen atoms in total. The van der Waals surface area contributed by atoms with E-state index in [4.69, 9.17) is 0 Å². The second kappa shape index (κ2) is 3.54. The summed E-state index contributed by atoms with van der Waals surface area (Å²) in [7, 11) is 2.18. The maximum Gasteiger partial charge on any atom is 0.125 e. The van der Waals surface area contributed by atoms with Crippen molar-refractivity contribution in [3.8, 4) is 0 Å². The summed E-state index contributed by atoms with van der Waals surface area (Å²) in [4.78, 5) is 4.69. The number of piperidine rings is 1. The molecule has 2 aliphatic rings. The van der Waals surface area contributed by atoms with Crippen molar-refractivity contribution >= 4 is 0 Å². The molecule has 2 fully saturated rings. The van der Waals surface area contributed by atoms with Gasteiger partial charge in [-0.25, -0.2) is 4.39 Å². The predicted octanol–water partition coefficient (Wildman–Crippen LogP) is 1.12. The van der Waals surface area contributed by atoms with Crippen LogP contribution in [0.5, 0.6) is 0 Å². The van der Waals surface area contributed by atoms with Gasteiger partial charge in [0.25, 0.3) is 0 Å². The highest BCUT2D eigenvalue weighted by molar-refractivity contribution is 4.90. The molecule has 2 rings (SSSR count). The summed E-state index contributed by atoms with van der Waals surface area (Å²) in [5, 5.41) is 0. The van der Waals surface area contributed by atoms with Gasteiger partial charge in [0.15, 0.2) is 0 Å². The second-order valence-electron chi connectivity index (χ2n) is 4.56. The summed E-state index contributed by atoms with van der Waals surface area (Å²) in [6.45, 7) is 4.79. The van der Waals surface area contributed by atoms with E-state index in [9.17, 15) is 4.39 Å². The fraction of sp³-hybridized carbons (Fsp3) is 1.00. The molecule has 0 amide bonds. The first-order valence-corrected chi connectivity index (χ1v) is 5.25. The maximum atomic E-state index is 12.6. The summed E-state index contributed by atoms with van der Waals surface area (Å²) >= 11 is 0. The summed E-state index contributed by atoms with van der Waals surface area (Å²) in [5.74, 6) is 0. The number of halogens is 1. The van der Waals surface area contributed by atoms with Gasteiger partial charge in [-0.1, -0.05) is 0 Å². The Kier molecular flexibility index (Phi) is 2.56. The van der Waals surface area contributed by atoms with Gasteiger partial charge in [0, 0.05) is 25.2 Å². The average Bonchev–Trinajstić information content (AvgIpc) is 2.05. The molecule has 2 aliphatic heterocycles. The molecule has 0 bridgehead atoms. The first kappa shape index (κ1) is 9.41. The van der Waals surface area contributed by atoms with Gasteiger partial charge in [-0.15, -0.1) is 0 Å². The summed E-state index contributed by atoms with van der Waals surface area (Å²) in [6, 6.07) is 1.32. The normalized spacial score (nSPS) is 39.0. The van der Waals surface area contributed by atoms with Crippen LogP contribution in [0.1, 0.15) is 19.8 Å². The van der Waals surface area contributed by atoms with E-state index < -0.39 is 6.17 Å². The molecule has 0 aromatic heterocycles. The minimum Gasteiger partial charge on any atom is -0.304 e. The molecule has 2 unspecified atom stereocenters. The van der Waals surface area contributed by atoms with Crippen LogP contribution in [0, 0.1) is 0 Å². The monoisotopic (exact) mass is 186 g/mol. The molecule has 2 atom stereocenters. The lowest BCUT2D eigenvalue weighted by Crippen LogP contribution is -2.57. The highest BCUT2D eigenvalue weighted by Crippen LogP contribution is 2.25. The number of nitrogens with zero attached hydrogens (tertiary/aromatic N) is 2. The maximum absolute atomic E-state index is 12.6. The van der Waals surface area contributed by atoms with Crippen molar-refractivity contribution in [3.05, 3.63) is 0 Å². The van der Waals surface area contributed by atoms with Crippen molar-refractivity contribution in [3.63, 3.8) is 0 Å². The number of hydrogen-bond acceptors (Lipinski definition) is 2. The van der Waals surface area contributed by atoms with Crippen LogP contribution in [-0.2, 0) is 0 Å². The van der Waals surface area contributed by atoms with Crippen LogP contribution in [0.15, 0.2) is 0 Å². The van der Waals surface area contributed by atoms with Crippen molar-refractivity contribution < 1.29 is 4.39 Å². The lowest BCUT2D eigenvalue weighted by molar-refractivity contribution is -0.00574. The van der Waals surface area contributed by atoms with Crippen LogP contribution in [0.25, 0.3) is 0 Å². The molecule has 0 aliphatic carbocycles. The zero-order valence-electron chi connectivity index (χ0n) is 8.54. The van der Waals surface area contributed by atoms with Crippen molar-refractivity contribution in [1.82, 2.24) is 9.80 Å². The second-order valence-corrected chi connectivity index (χ2v) is 4.56. The minimum absolute atomic E-state index is 0.546. The molecule has 76 valence electrons. The van der Waals surface area contributed by atoms with Crippen LogP contribution in [0.4, 0.5) is 4.39 Å². The average molecular weight is 186 g/mol. The lowest BCUT2D eigenvalue weighted by Gasteiger charge is -2.46. The molecule has 0 N–H and O–H groups in total. The van der Waals surface area contributed by atoms with Gasteiger partial charge in [-0.05, 0) is 33.4 Å². The van der Waals surface area contributed by atoms with Gasteiger partial charge in [-0.2, -0.15) is 0 Å². The number of rotatable bonds is 1. The Balaban J connectivity index is 1.82. The van der Waals surface area contributed by atoms with Crippen molar-refractivity contribution in [1.29, 1.82) is 0 Å². The highest BCUT2D eigenvalue weighted by Gasteiger charge is 2.35. The highest BCUT2D eigenvalue weighted by atomic mass is 19.1. The third-order valence-corrected chi connectivity index (χ3v) is 3.56. The molecule has 0 aromatic rings. The zero-order chi connectivity index (χ0) is 9.42. The Bertz CT molecular complexity index is 180. The Labute approximate surface area is 79.7 Å². The molecule has 2 saturated heterocycles. The van der Waals surface area contributed by atoms with E-state index in [1.165, 1.54) is 19.4 Å². The molecule has 0 spiro atoms. The van der Waals surface area contributed by atoms with E-state index in [1.807, 2.05) is 0 Å². The summed E-state index contributed by atoms with van der Waals surface area (Å²) < 4.78 is 12.6. The van der Waals surface area contributed by atoms with E-state index in [0.29, 0.717) is 25.2 Å². The van der Waals surface area contributed by atoms with Gasteiger partial charge in [0.2, 0.25) is 0 Å². The number of alkyl halides is 1. The van der Waals surface area contributed by atoms with Crippen molar-refractivity contribution in [2.45, 2.75) is 38.0 Å².